The number of aromatic nitrogens is 3. The van der Waals surface area contributed by atoms with Gasteiger partial charge in [0.05, 0.1) is 32.3 Å². The number of fused-ring (bicyclic) bond motifs is 2. The molecule has 1 aromatic carbocycles. The van der Waals surface area contributed by atoms with E-state index in [1.165, 1.54) is 6.42 Å². The third-order valence-electron chi connectivity index (χ3n) is 7.45. The van der Waals surface area contributed by atoms with Crippen LogP contribution in [-0.4, -0.2) is 65.6 Å². The summed E-state index contributed by atoms with van der Waals surface area (Å²) in [5.41, 5.74) is 1.71. The first-order valence-corrected chi connectivity index (χ1v) is 13.7. The van der Waals surface area contributed by atoms with E-state index in [2.05, 4.69) is 31.2 Å². The Morgan fingerprint density at radius 1 is 1.13 bits per heavy atom. The van der Waals surface area contributed by atoms with Gasteiger partial charge in [-0.1, -0.05) is 0 Å². The van der Waals surface area contributed by atoms with Crippen molar-refractivity contribution in [3.63, 3.8) is 0 Å². The lowest BCUT2D eigenvalue weighted by Crippen LogP contribution is -2.35. The van der Waals surface area contributed by atoms with Gasteiger partial charge in [-0.2, -0.15) is 0 Å². The smallest absolute Gasteiger partial charge is 0.164 e. The molecule has 3 fully saturated rings. The van der Waals surface area contributed by atoms with E-state index in [0.717, 1.165) is 45.4 Å². The fraction of sp³-hybridized carbons (Fsp3) is 0.556. The lowest BCUT2D eigenvalue weighted by molar-refractivity contribution is -0.204. The molecular formula is C27H33BrN4O6. The molecular weight excluding hydrogens is 556 g/mol. The van der Waals surface area contributed by atoms with Gasteiger partial charge in [0.15, 0.2) is 12.0 Å². The van der Waals surface area contributed by atoms with Crippen molar-refractivity contribution >= 4 is 32.8 Å². The maximum Gasteiger partial charge on any atom is 0.164 e. The SMILES string of the molecule is COc1ccc(CNc2ncnc3c2c(Br)cn3[C@@H]2O[C@H](COC3CCC3)[C@H]3OC(C)(C)O[C@H]32)c(OC)c1. The maximum atomic E-state index is 6.53. The number of nitrogens with one attached hydrogen (secondary N) is 1. The molecule has 2 aliphatic heterocycles. The molecule has 11 heteroatoms. The third kappa shape index (κ3) is 4.75. The summed E-state index contributed by atoms with van der Waals surface area (Å²) in [6.45, 7) is 4.86. The fourth-order valence-electron chi connectivity index (χ4n) is 5.33. The largest absolute Gasteiger partial charge is 0.497 e. The second-order valence-electron chi connectivity index (χ2n) is 10.4. The molecule has 1 saturated carbocycles. The fourth-order valence-corrected chi connectivity index (χ4v) is 5.92. The number of ether oxygens (including phenoxy) is 6. The minimum absolute atomic E-state index is 0.228. The molecule has 2 saturated heterocycles. The molecule has 4 heterocycles. The summed E-state index contributed by atoms with van der Waals surface area (Å²) in [7, 11) is 3.28. The van der Waals surface area contributed by atoms with Crippen LogP contribution < -0.4 is 14.8 Å². The van der Waals surface area contributed by atoms with Gasteiger partial charge in [-0.25, -0.2) is 9.97 Å². The van der Waals surface area contributed by atoms with Crippen LogP contribution in [0, 0.1) is 0 Å². The van der Waals surface area contributed by atoms with Crippen molar-refractivity contribution in [2.24, 2.45) is 0 Å². The first-order valence-electron chi connectivity index (χ1n) is 13.0. The van der Waals surface area contributed by atoms with Crippen LogP contribution in [0.3, 0.4) is 0 Å². The second kappa shape index (κ2) is 10.3. The molecule has 4 atom stereocenters. The molecule has 2 aromatic heterocycles. The van der Waals surface area contributed by atoms with Gasteiger partial charge in [0.25, 0.3) is 0 Å². The molecule has 3 aliphatic rings. The molecule has 0 radical (unpaired) electrons. The standard InChI is InChI=1S/C27H33BrN4O6/c1-27(2)37-22-20(13-35-16-6-5-7-16)36-26(23(22)38-27)32-12-18(28)21-24(30-14-31-25(21)32)29-11-15-8-9-17(33-3)10-19(15)34-4/h8-10,12,14,16,20,22-23,26H,5-7,11,13H2,1-4H3,(H,29,30,31)/t20-,22-,23-,26-/m1/s1. The first kappa shape index (κ1) is 25.8. The summed E-state index contributed by atoms with van der Waals surface area (Å²) < 4.78 is 39.0. The van der Waals surface area contributed by atoms with Crippen molar-refractivity contribution in [2.75, 3.05) is 26.1 Å². The van der Waals surface area contributed by atoms with E-state index in [0.29, 0.717) is 25.1 Å². The quantitative estimate of drug-likeness (QED) is 0.377. The van der Waals surface area contributed by atoms with Crippen LogP contribution in [0.2, 0.25) is 0 Å². The molecule has 3 aromatic rings. The van der Waals surface area contributed by atoms with Gasteiger partial charge in [-0.3, -0.25) is 0 Å². The number of rotatable bonds is 9. The molecule has 10 nitrogen and oxygen atoms in total. The molecule has 1 N–H and O–H groups in total. The highest BCUT2D eigenvalue weighted by Crippen LogP contribution is 2.45. The highest BCUT2D eigenvalue weighted by Gasteiger charge is 2.56. The van der Waals surface area contributed by atoms with Crippen LogP contribution in [-0.2, 0) is 25.5 Å². The van der Waals surface area contributed by atoms with Crippen LogP contribution in [0.1, 0.15) is 44.9 Å². The third-order valence-corrected chi connectivity index (χ3v) is 8.05. The van der Waals surface area contributed by atoms with Crippen LogP contribution >= 0.6 is 15.9 Å². The highest BCUT2D eigenvalue weighted by atomic mass is 79.9. The Hall–Kier alpha value is -2.44. The van der Waals surface area contributed by atoms with E-state index < -0.39 is 12.0 Å². The summed E-state index contributed by atoms with van der Waals surface area (Å²) in [5, 5.41) is 4.30. The summed E-state index contributed by atoms with van der Waals surface area (Å²) >= 11 is 3.73. The average Bonchev–Trinajstić information content (AvgIpc) is 3.50. The van der Waals surface area contributed by atoms with Crippen molar-refractivity contribution in [3.8, 4) is 11.5 Å². The van der Waals surface area contributed by atoms with Crippen LogP contribution in [0.5, 0.6) is 11.5 Å². The van der Waals surface area contributed by atoms with E-state index >= 15 is 0 Å². The second-order valence-corrected chi connectivity index (χ2v) is 11.2. The minimum Gasteiger partial charge on any atom is -0.497 e. The molecule has 204 valence electrons. The number of hydrogen-bond donors (Lipinski definition) is 1. The van der Waals surface area contributed by atoms with Crippen LogP contribution in [0.15, 0.2) is 35.2 Å². The van der Waals surface area contributed by atoms with Crippen molar-refractivity contribution < 1.29 is 28.4 Å². The predicted molar refractivity (Wildman–Crippen MR) is 143 cm³/mol. The summed E-state index contributed by atoms with van der Waals surface area (Å²) in [6, 6.07) is 5.75. The average molecular weight is 589 g/mol. The number of methoxy groups -OCH3 is 2. The van der Waals surface area contributed by atoms with Gasteiger partial charge in [0.2, 0.25) is 0 Å². The Bertz CT molecular complexity index is 1310. The monoisotopic (exact) mass is 588 g/mol. The van der Waals surface area contributed by atoms with Crippen molar-refractivity contribution in [2.45, 2.75) is 76.1 Å². The summed E-state index contributed by atoms with van der Waals surface area (Å²) in [6.07, 6.45) is 6.12. The predicted octanol–water partition coefficient (Wildman–Crippen LogP) is 4.81. The highest BCUT2D eigenvalue weighted by molar-refractivity contribution is 9.10. The molecule has 0 unspecified atom stereocenters. The van der Waals surface area contributed by atoms with Crippen molar-refractivity contribution in [1.82, 2.24) is 14.5 Å². The summed E-state index contributed by atoms with van der Waals surface area (Å²) in [5.74, 6) is 1.47. The van der Waals surface area contributed by atoms with E-state index in [9.17, 15) is 0 Å². The van der Waals surface area contributed by atoms with E-state index in [4.69, 9.17) is 28.4 Å². The van der Waals surface area contributed by atoms with Crippen molar-refractivity contribution in [1.29, 1.82) is 0 Å². The van der Waals surface area contributed by atoms with E-state index in [-0.39, 0.29) is 18.3 Å². The topological polar surface area (TPSA) is 98.1 Å². The van der Waals surface area contributed by atoms with Gasteiger partial charge in [-0.05, 0) is 61.2 Å². The van der Waals surface area contributed by atoms with Gasteiger partial charge in [0.1, 0.15) is 47.6 Å². The number of nitrogens with zero attached hydrogens (tertiary/aromatic N) is 3. The molecule has 0 spiro atoms. The van der Waals surface area contributed by atoms with Crippen molar-refractivity contribution in [3.05, 3.63) is 40.8 Å². The Morgan fingerprint density at radius 2 is 1.95 bits per heavy atom. The zero-order valence-electron chi connectivity index (χ0n) is 22.0. The number of benzene rings is 1. The van der Waals surface area contributed by atoms with Gasteiger partial charge in [-0.15, -0.1) is 0 Å². The lowest BCUT2D eigenvalue weighted by atomic mass is 9.96. The van der Waals surface area contributed by atoms with Gasteiger partial charge in [0, 0.05) is 28.8 Å². The number of halogens is 1. The van der Waals surface area contributed by atoms with Gasteiger partial charge >= 0.3 is 0 Å². The number of anilines is 1. The van der Waals surface area contributed by atoms with Crippen LogP contribution in [0.25, 0.3) is 11.0 Å². The molecule has 0 bridgehead atoms. The van der Waals surface area contributed by atoms with Crippen LogP contribution in [0.4, 0.5) is 5.82 Å². The molecule has 0 amide bonds. The molecule has 6 rings (SSSR count). The summed E-state index contributed by atoms with van der Waals surface area (Å²) in [4.78, 5) is 9.16. The normalized spacial score (nSPS) is 26.3. The van der Waals surface area contributed by atoms with E-state index in [1.807, 2.05) is 42.8 Å². The zero-order valence-corrected chi connectivity index (χ0v) is 23.6. The molecule has 38 heavy (non-hydrogen) atoms. The van der Waals surface area contributed by atoms with E-state index in [1.54, 1.807) is 20.5 Å². The Labute approximate surface area is 230 Å². The molecule has 1 aliphatic carbocycles. The van der Waals surface area contributed by atoms with Gasteiger partial charge < -0.3 is 38.3 Å². The zero-order chi connectivity index (χ0) is 26.4. The maximum absolute atomic E-state index is 6.53. The Morgan fingerprint density at radius 3 is 2.68 bits per heavy atom. The Kier molecular flexibility index (Phi) is 6.98. The Balaban J connectivity index is 1.27. The minimum atomic E-state index is -0.703. The lowest BCUT2D eigenvalue weighted by Gasteiger charge is -2.29. The first-order chi connectivity index (χ1) is 18.4. The number of hydrogen-bond acceptors (Lipinski definition) is 9.